The zero-order valence-electron chi connectivity index (χ0n) is 8.18. The van der Waals surface area contributed by atoms with E-state index >= 15 is 0 Å². The Morgan fingerprint density at radius 3 is 2.42 bits per heavy atom. The van der Waals surface area contributed by atoms with Crippen molar-refractivity contribution < 1.29 is 9.22 Å². The fraction of sp³-hybridized carbons (Fsp3) is 0.571. The van der Waals surface area contributed by atoms with Crippen LogP contribution in [0.3, 0.4) is 0 Å². The van der Waals surface area contributed by atoms with Crippen LogP contribution in [0.15, 0.2) is 12.3 Å². The molecule has 5 heteroatoms. The summed E-state index contributed by atoms with van der Waals surface area (Å²) in [5.74, 6) is 0. The Bertz CT molecular complexity index is 180. The van der Waals surface area contributed by atoms with Crippen molar-refractivity contribution in [2.75, 3.05) is 0 Å². The molecule has 3 nitrogen and oxygen atoms in total. The molecular formula is C7H17NO2Si2. The smallest absolute Gasteiger partial charge is 0.385 e. The van der Waals surface area contributed by atoms with Crippen molar-refractivity contribution in [1.82, 2.24) is 4.98 Å². The minimum atomic E-state index is -1.93. The molecule has 0 unspecified atom stereocenters. The van der Waals surface area contributed by atoms with E-state index in [1.54, 1.807) is 5.70 Å². The van der Waals surface area contributed by atoms with Crippen LogP contribution in [0, 0.1) is 0 Å². The molecule has 0 radical (unpaired) electrons. The average molecular weight is 203 g/mol. The summed E-state index contributed by atoms with van der Waals surface area (Å²) in [6.45, 7) is 11.6. The van der Waals surface area contributed by atoms with Gasteiger partial charge in [0.2, 0.25) is 0 Å². The van der Waals surface area contributed by atoms with E-state index in [-0.39, 0.29) is 6.09 Å². The third kappa shape index (κ3) is 5.14. The van der Waals surface area contributed by atoms with E-state index in [4.69, 9.17) is 4.43 Å². The molecule has 70 valence electrons. The summed E-state index contributed by atoms with van der Waals surface area (Å²) in [7, 11) is -3.00. The molecule has 0 aromatic rings. The van der Waals surface area contributed by atoms with Crippen LogP contribution in [-0.4, -0.2) is 23.4 Å². The highest BCUT2D eigenvalue weighted by Gasteiger charge is 2.22. The van der Waals surface area contributed by atoms with E-state index in [1.165, 1.54) is 0 Å². The molecular weight excluding hydrogens is 186 g/mol. The normalized spacial score (nSPS) is 11.1. The number of carbonyl (C=O) groups is 1. The van der Waals surface area contributed by atoms with Gasteiger partial charge < -0.3 is 9.41 Å². The fourth-order valence-corrected chi connectivity index (χ4v) is 1.81. The van der Waals surface area contributed by atoms with Gasteiger partial charge in [0.15, 0.2) is 0 Å². The molecule has 0 spiro atoms. The molecule has 0 atom stereocenters. The zero-order chi connectivity index (χ0) is 9.78. The molecule has 1 N–H and O–H groups in total. The lowest BCUT2D eigenvalue weighted by Crippen LogP contribution is -2.41. The van der Waals surface area contributed by atoms with Crippen molar-refractivity contribution in [2.24, 2.45) is 0 Å². The molecule has 0 aliphatic rings. The summed E-state index contributed by atoms with van der Waals surface area (Å²) in [6, 6.07) is 0. The van der Waals surface area contributed by atoms with Crippen LogP contribution in [0.4, 0.5) is 4.79 Å². The first kappa shape index (κ1) is 11.4. The number of hydrogen-bond donors (Lipinski definition) is 1. The summed E-state index contributed by atoms with van der Waals surface area (Å²) in [6.07, 6.45) is -0.284. The monoisotopic (exact) mass is 203 g/mol. The molecule has 0 fully saturated rings. The maximum absolute atomic E-state index is 11.1. The second-order valence-corrected chi connectivity index (χ2v) is 9.91. The Morgan fingerprint density at radius 1 is 1.58 bits per heavy atom. The van der Waals surface area contributed by atoms with Gasteiger partial charge in [-0.25, -0.2) is 4.79 Å². The van der Waals surface area contributed by atoms with E-state index in [0.717, 1.165) is 0 Å². The predicted octanol–water partition coefficient (Wildman–Crippen LogP) is 1.63. The molecule has 1 amide bonds. The number of hydrogen-bond acceptors (Lipinski definition) is 2. The molecule has 0 aromatic carbocycles. The van der Waals surface area contributed by atoms with Crippen LogP contribution in [0.25, 0.3) is 0 Å². The van der Waals surface area contributed by atoms with Gasteiger partial charge in [0.05, 0.1) is 0 Å². The van der Waals surface area contributed by atoms with Crippen molar-refractivity contribution in [3.63, 3.8) is 0 Å². The van der Waals surface area contributed by atoms with Gasteiger partial charge in [0.1, 0.15) is 8.96 Å². The highest BCUT2D eigenvalue weighted by atomic mass is 28.4. The van der Waals surface area contributed by atoms with Crippen LogP contribution in [0.2, 0.25) is 26.2 Å². The van der Waals surface area contributed by atoms with E-state index < -0.39 is 17.3 Å². The van der Waals surface area contributed by atoms with E-state index in [2.05, 4.69) is 11.6 Å². The summed E-state index contributed by atoms with van der Waals surface area (Å²) >= 11 is 0. The van der Waals surface area contributed by atoms with Crippen molar-refractivity contribution in [3.05, 3.63) is 12.3 Å². The molecule has 0 saturated heterocycles. The third-order valence-electron chi connectivity index (χ3n) is 1.25. The molecule has 12 heavy (non-hydrogen) atoms. The van der Waals surface area contributed by atoms with Crippen molar-refractivity contribution >= 4 is 23.4 Å². The Kier molecular flexibility index (Phi) is 4.26. The topological polar surface area (TPSA) is 38.3 Å². The Morgan fingerprint density at radius 2 is 2.08 bits per heavy atom. The molecule has 0 aliphatic heterocycles. The third-order valence-corrected chi connectivity index (χ3v) is 3.76. The molecule has 0 bridgehead atoms. The summed E-state index contributed by atoms with van der Waals surface area (Å²) in [4.78, 5) is 13.9. The average Bonchev–Trinajstić information content (AvgIpc) is 1.84. The molecule has 0 aliphatic carbocycles. The first-order valence-corrected chi connectivity index (χ1v) is 9.88. The number of amides is 1. The number of carbonyl (C=O) groups excluding carboxylic acids is 1. The van der Waals surface area contributed by atoms with Crippen LogP contribution < -0.4 is 4.98 Å². The lowest BCUT2D eigenvalue weighted by atomic mass is 11.3. The maximum atomic E-state index is 11.1. The van der Waals surface area contributed by atoms with Crippen molar-refractivity contribution in [2.45, 2.75) is 26.2 Å². The lowest BCUT2D eigenvalue weighted by molar-refractivity contribution is 0.205. The van der Waals surface area contributed by atoms with Crippen LogP contribution in [-0.2, 0) is 4.43 Å². The minimum Gasteiger partial charge on any atom is -0.501 e. The lowest BCUT2D eigenvalue weighted by Gasteiger charge is -2.19. The number of rotatable bonds is 3. The highest BCUT2D eigenvalue weighted by molar-refractivity contribution is 6.77. The SMILES string of the molecule is C=C[Si](C)(C)OC(=O)N[SiH](C)C. The van der Waals surface area contributed by atoms with Crippen molar-refractivity contribution in [3.8, 4) is 0 Å². The van der Waals surface area contributed by atoms with Crippen molar-refractivity contribution in [1.29, 1.82) is 0 Å². The first-order chi connectivity index (χ1) is 5.37. The van der Waals surface area contributed by atoms with Gasteiger partial charge in [-0.1, -0.05) is 18.8 Å². The van der Waals surface area contributed by atoms with E-state index in [1.807, 2.05) is 26.2 Å². The number of nitrogens with one attached hydrogen (secondary N) is 1. The van der Waals surface area contributed by atoms with Gasteiger partial charge in [0, 0.05) is 0 Å². The van der Waals surface area contributed by atoms with E-state index in [0.29, 0.717) is 0 Å². The molecule has 0 aromatic heterocycles. The van der Waals surface area contributed by atoms with E-state index in [9.17, 15) is 4.79 Å². The minimum absolute atomic E-state index is 0.284. The molecule has 0 rings (SSSR count). The molecule has 0 saturated carbocycles. The fourth-order valence-electron chi connectivity index (χ4n) is 0.546. The Labute approximate surface area is 76.6 Å². The molecule has 0 heterocycles. The second kappa shape index (κ2) is 4.46. The van der Waals surface area contributed by atoms with Crippen LogP contribution >= 0.6 is 0 Å². The maximum Gasteiger partial charge on any atom is 0.385 e. The largest absolute Gasteiger partial charge is 0.501 e. The van der Waals surface area contributed by atoms with Gasteiger partial charge >= 0.3 is 6.09 Å². The van der Waals surface area contributed by atoms with Gasteiger partial charge in [-0.05, 0) is 13.1 Å². The van der Waals surface area contributed by atoms with Crippen LogP contribution in [0.5, 0.6) is 0 Å². The van der Waals surface area contributed by atoms with Crippen LogP contribution in [0.1, 0.15) is 0 Å². The van der Waals surface area contributed by atoms with Gasteiger partial charge in [0.25, 0.3) is 8.32 Å². The van der Waals surface area contributed by atoms with Gasteiger partial charge in [-0.3, -0.25) is 0 Å². The van der Waals surface area contributed by atoms with Gasteiger partial charge in [-0.15, -0.1) is 6.58 Å². The highest BCUT2D eigenvalue weighted by Crippen LogP contribution is 2.04. The second-order valence-electron chi connectivity index (χ2n) is 3.50. The quantitative estimate of drug-likeness (QED) is 0.708. The zero-order valence-corrected chi connectivity index (χ0v) is 10.3. The van der Waals surface area contributed by atoms with Gasteiger partial charge in [-0.2, -0.15) is 0 Å². The Balaban J connectivity index is 3.92. The first-order valence-electron chi connectivity index (χ1n) is 4.00. The predicted molar refractivity (Wildman–Crippen MR) is 56.2 cm³/mol. The summed E-state index contributed by atoms with van der Waals surface area (Å²) < 4.78 is 5.20. The summed E-state index contributed by atoms with van der Waals surface area (Å²) in [5.41, 5.74) is 1.74. The Hall–Kier alpha value is -0.556. The summed E-state index contributed by atoms with van der Waals surface area (Å²) in [5, 5.41) is 0. The standard InChI is InChI=1S/C7H17NO2Si2/c1-6-12(4,5)10-7(9)8-11(2)3/h6,11H,1H2,2-5H3,(H,8,9).